The molecule has 1 rings (SSSR count). The highest BCUT2D eigenvalue weighted by Crippen LogP contribution is 2.33. The fourth-order valence-electron chi connectivity index (χ4n) is 2.07. The van der Waals surface area contributed by atoms with Crippen LogP contribution in [0.2, 0.25) is 10.0 Å². The maximum absolute atomic E-state index is 12.1. The number of anilines is 2. The van der Waals surface area contributed by atoms with E-state index in [0.717, 1.165) is 6.42 Å². The van der Waals surface area contributed by atoms with E-state index in [1.807, 2.05) is 6.92 Å². The van der Waals surface area contributed by atoms with Gasteiger partial charge >= 0.3 is 0 Å². The smallest absolute Gasteiger partial charge is 0.253 e. The Labute approximate surface area is 135 Å². The Bertz CT molecular complexity index is 483. The molecule has 0 bridgehead atoms. The number of ether oxygens (including phenoxy) is 1. The number of rotatable bonds is 6. The molecule has 0 saturated heterocycles. The highest BCUT2D eigenvalue weighted by atomic mass is 35.5. The Balaban J connectivity index is 2.69. The summed E-state index contributed by atoms with van der Waals surface area (Å²) in [6, 6.07) is 3.08. The van der Waals surface area contributed by atoms with Gasteiger partial charge in [0.2, 0.25) is 0 Å². The molecular formula is C15H22Cl2N2O2. The van der Waals surface area contributed by atoms with Crippen LogP contribution in [0.4, 0.5) is 11.4 Å². The van der Waals surface area contributed by atoms with Crippen molar-refractivity contribution < 1.29 is 9.53 Å². The van der Waals surface area contributed by atoms with Crippen LogP contribution >= 0.6 is 23.2 Å². The van der Waals surface area contributed by atoms with Crippen LogP contribution in [-0.2, 0) is 9.53 Å². The van der Waals surface area contributed by atoms with Gasteiger partial charge in [-0.3, -0.25) is 4.79 Å². The van der Waals surface area contributed by atoms with Crippen molar-refractivity contribution in [2.24, 2.45) is 5.92 Å². The predicted octanol–water partition coefficient (Wildman–Crippen LogP) is 4.35. The van der Waals surface area contributed by atoms with Gasteiger partial charge in [-0.05, 0) is 38.3 Å². The summed E-state index contributed by atoms with van der Waals surface area (Å²) in [5.41, 5.74) is 6.42. The first-order valence-electron chi connectivity index (χ1n) is 6.91. The predicted molar refractivity (Wildman–Crippen MR) is 89.0 cm³/mol. The average Bonchev–Trinajstić information content (AvgIpc) is 2.31. The van der Waals surface area contributed by atoms with Crippen LogP contribution < -0.4 is 11.1 Å². The maximum Gasteiger partial charge on any atom is 0.253 e. The Kier molecular flexibility index (Phi) is 6.78. The van der Waals surface area contributed by atoms with E-state index in [9.17, 15) is 4.79 Å². The minimum atomic E-state index is -0.594. The molecule has 0 heterocycles. The summed E-state index contributed by atoms with van der Waals surface area (Å²) in [5.74, 6) is 0.218. The number of halogens is 2. The molecule has 1 aromatic carbocycles. The summed E-state index contributed by atoms with van der Waals surface area (Å²) in [6.45, 7) is 7.87. The third kappa shape index (κ3) is 5.73. The van der Waals surface area contributed by atoms with Gasteiger partial charge in [0.05, 0.1) is 21.8 Å². The summed E-state index contributed by atoms with van der Waals surface area (Å²) >= 11 is 12.1. The van der Waals surface area contributed by atoms with Crippen LogP contribution in [0.5, 0.6) is 0 Å². The number of nitrogens with two attached hydrogens (primary N) is 1. The lowest BCUT2D eigenvalue weighted by Crippen LogP contribution is -2.31. The Morgan fingerprint density at radius 3 is 2.24 bits per heavy atom. The Hall–Kier alpha value is -0.970. The van der Waals surface area contributed by atoms with Gasteiger partial charge in [-0.1, -0.05) is 37.0 Å². The van der Waals surface area contributed by atoms with Crippen LogP contribution in [0.1, 0.15) is 34.1 Å². The quantitative estimate of drug-likeness (QED) is 0.761. The monoisotopic (exact) mass is 332 g/mol. The van der Waals surface area contributed by atoms with Crippen molar-refractivity contribution >= 4 is 40.5 Å². The van der Waals surface area contributed by atoms with Gasteiger partial charge in [0.15, 0.2) is 0 Å². The molecule has 0 fully saturated rings. The fraction of sp³-hybridized carbons (Fsp3) is 0.533. The number of carbonyl (C=O) groups excluding carboxylic acids is 1. The Morgan fingerprint density at radius 1 is 1.24 bits per heavy atom. The van der Waals surface area contributed by atoms with Gasteiger partial charge in [-0.2, -0.15) is 0 Å². The second kappa shape index (κ2) is 7.87. The highest BCUT2D eigenvalue weighted by Gasteiger charge is 2.19. The molecule has 118 valence electrons. The lowest BCUT2D eigenvalue weighted by molar-refractivity contribution is -0.129. The lowest BCUT2D eigenvalue weighted by atomic mass is 10.1. The molecule has 1 aromatic rings. The van der Waals surface area contributed by atoms with Gasteiger partial charge < -0.3 is 15.8 Å². The number of carbonyl (C=O) groups is 1. The molecule has 6 heteroatoms. The lowest BCUT2D eigenvalue weighted by Gasteiger charge is -2.20. The zero-order valence-corrected chi connectivity index (χ0v) is 14.3. The first-order valence-corrected chi connectivity index (χ1v) is 7.67. The normalized spacial score (nSPS) is 14.0. The molecular weight excluding hydrogens is 311 g/mol. The fourth-order valence-corrected chi connectivity index (χ4v) is 2.67. The molecule has 1 amide bonds. The zero-order valence-electron chi connectivity index (χ0n) is 12.7. The molecule has 0 aliphatic rings. The number of amides is 1. The van der Waals surface area contributed by atoms with Gasteiger partial charge in [-0.25, -0.2) is 0 Å². The first kappa shape index (κ1) is 18.1. The summed E-state index contributed by atoms with van der Waals surface area (Å²) in [4.78, 5) is 12.1. The van der Waals surface area contributed by atoms with Gasteiger partial charge in [0.25, 0.3) is 5.91 Å². The van der Waals surface area contributed by atoms with E-state index in [-0.39, 0.29) is 12.0 Å². The number of benzene rings is 1. The molecule has 0 radical (unpaired) electrons. The standard InChI is InChI=1S/C15H22Cl2N2O2/c1-8(2)5-9(3)21-10(4)15(20)19-14-12(16)6-11(18)7-13(14)17/h6-10H,5,18H2,1-4H3,(H,19,20). The molecule has 0 aliphatic heterocycles. The number of nitrogens with one attached hydrogen (secondary N) is 1. The highest BCUT2D eigenvalue weighted by molar-refractivity contribution is 6.40. The first-order chi connectivity index (χ1) is 9.70. The van der Waals surface area contributed by atoms with E-state index in [0.29, 0.717) is 27.3 Å². The molecule has 2 atom stereocenters. The van der Waals surface area contributed by atoms with E-state index < -0.39 is 6.10 Å². The van der Waals surface area contributed by atoms with Gasteiger partial charge in [0, 0.05) is 5.69 Å². The van der Waals surface area contributed by atoms with E-state index in [1.165, 1.54) is 12.1 Å². The van der Waals surface area contributed by atoms with Crippen LogP contribution in [0, 0.1) is 5.92 Å². The number of hydrogen-bond acceptors (Lipinski definition) is 3. The molecule has 3 N–H and O–H groups in total. The Morgan fingerprint density at radius 2 is 1.76 bits per heavy atom. The summed E-state index contributed by atoms with van der Waals surface area (Å²) in [5, 5.41) is 3.28. The molecule has 0 aromatic heterocycles. The van der Waals surface area contributed by atoms with E-state index >= 15 is 0 Å². The SMILES string of the molecule is CC(C)CC(C)OC(C)C(=O)Nc1c(Cl)cc(N)cc1Cl. The van der Waals surface area contributed by atoms with Crippen LogP contribution in [-0.4, -0.2) is 18.1 Å². The van der Waals surface area contributed by atoms with Crippen molar-refractivity contribution in [3.05, 3.63) is 22.2 Å². The average molecular weight is 333 g/mol. The van der Waals surface area contributed by atoms with Crippen molar-refractivity contribution in [2.75, 3.05) is 11.1 Å². The van der Waals surface area contributed by atoms with Crippen molar-refractivity contribution in [3.8, 4) is 0 Å². The molecule has 0 spiro atoms. The second-order valence-corrected chi connectivity index (χ2v) is 6.38. The van der Waals surface area contributed by atoms with Crippen molar-refractivity contribution in [1.29, 1.82) is 0 Å². The summed E-state index contributed by atoms with van der Waals surface area (Å²) < 4.78 is 5.68. The van der Waals surface area contributed by atoms with Crippen molar-refractivity contribution in [3.63, 3.8) is 0 Å². The summed E-state index contributed by atoms with van der Waals surface area (Å²) in [6.07, 6.45) is 0.299. The molecule has 4 nitrogen and oxygen atoms in total. The maximum atomic E-state index is 12.1. The molecule has 0 aliphatic carbocycles. The minimum absolute atomic E-state index is 0.00288. The van der Waals surface area contributed by atoms with Crippen molar-refractivity contribution in [1.82, 2.24) is 0 Å². The third-order valence-electron chi connectivity index (χ3n) is 2.92. The minimum Gasteiger partial charge on any atom is -0.399 e. The van der Waals surface area contributed by atoms with Crippen LogP contribution in [0.25, 0.3) is 0 Å². The molecule has 2 unspecified atom stereocenters. The van der Waals surface area contributed by atoms with Crippen LogP contribution in [0.3, 0.4) is 0 Å². The third-order valence-corrected chi connectivity index (χ3v) is 3.52. The second-order valence-electron chi connectivity index (χ2n) is 5.57. The molecule has 21 heavy (non-hydrogen) atoms. The largest absolute Gasteiger partial charge is 0.399 e. The van der Waals surface area contributed by atoms with Gasteiger partial charge in [-0.15, -0.1) is 0 Å². The van der Waals surface area contributed by atoms with E-state index in [4.69, 9.17) is 33.7 Å². The van der Waals surface area contributed by atoms with Crippen molar-refractivity contribution in [2.45, 2.75) is 46.3 Å². The number of nitrogen functional groups attached to an aromatic ring is 1. The molecule has 0 saturated carbocycles. The van der Waals surface area contributed by atoms with Gasteiger partial charge in [0.1, 0.15) is 6.10 Å². The van der Waals surface area contributed by atoms with E-state index in [2.05, 4.69) is 19.2 Å². The topological polar surface area (TPSA) is 64.3 Å². The summed E-state index contributed by atoms with van der Waals surface area (Å²) in [7, 11) is 0. The van der Waals surface area contributed by atoms with Crippen LogP contribution in [0.15, 0.2) is 12.1 Å². The zero-order chi connectivity index (χ0) is 16.2. The number of hydrogen-bond donors (Lipinski definition) is 2. The van der Waals surface area contributed by atoms with E-state index in [1.54, 1.807) is 6.92 Å².